The molecule has 0 spiro atoms. The van der Waals surface area contributed by atoms with E-state index in [0.717, 1.165) is 19.4 Å². The number of aliphatic hydroxyl groups is 3. The van der Waals surface area contributed by atoms with Crippen LogP contribution >= 0.6 is 0 Å². The Bertz CT molecular complexity index is 462. The Balaban J connectivity index is 2.41. The molecule has 0 saturated heterocycles. The van der Waals surface area contributed by atoms with Crippen molar-refractivity contribution in [1.82, 2.24) is 0 Å². The summed E-state index contributed by atoms with van der Waals surface area (Å²) in [6, 6.07) is 0. The van der Waals surface area contributed by atoms with Gasteiger partial charge in [0.25, 0.3) is 0 Å². The van der Waals surface area contributed by atoms with E-state index in [2.05, 4.69) is 6.92 Å². The molecule has 0 radical (unpaired) electrons. The van der Waals surface area contributed by atoms with E-state index in [4.69, 9.17) is 9.84 Å². The quantitative estimate of drug-likeness (QED) is 0.271. The van der Waals surface area contributed by atoms with Gasteiger partial charge in [0.1, 0.15) is 0 Å². The molecule has 0 aliphatic heterocycles. The van der Waals surface area contributed by atoms with Gasteiger partial charge < -0.3 is 25.2 Å². The van der Waals surface area contributed by atoms with Crippen LogP contribution in [0.2, 0.25) is 0 Å². The van der Waals surface area contributed by atoms with Gasteiger partial charge in [-0.1, -0.05) is 31.2 Å². The Morgan fingerprint density at radius 3 is 2.67 bits per heavy atom. The molecule has 6 nitrogen and oxygen atoms in total. The second-order valence-electron chi connectivity index (χ2n) is 7.31. The Morgan fingerprint density at radius 2 is 1.96 bits per heavy atom. The van der Waals surface area contributed by atoms with Gasteiger partial charge >= 0.3 is 5.97 Å². The van der Waals surface area contributed by atoms with Crippen LogP contribution in [0.4, 0.5) is 0 Å². The molecule has 5 atom stereocenters. The van der Waals surface area contributed by atoms with Gasteiger partial charge in [0.2, 0.25) is 0 Å². The molecule has 1 fully saturated rings. The van der Waals surface area contributed by atoms with E-state index < -0.39 is 24.3 Å². The van der Waals surface area contributed by atoms with Crippen LogP contribution in [-0.4, -0.2) is 57.9 Å². The number of aliphatic hydroxyl groups excluding tert-OH is 3. The number of carboxylic acids is 1. The van der Waals surface area contributed by atoms with Crippen molar-refractivity contribution in [1.29, 1.82) is 0 Å². The first-order valence-electron chi connectivity index (χ1n) is 10.1. The van der Waals surface area contributed by atoms with Crippen LogP contribution < -0.4 is 0 Å². The summed E-state index contributed by atoms with van der Waals surface area (Å²) in [4.78, 5) is 10.5. The Kier molecular flexibility index (Phi) is 12.3. The van der Waals surface area contributed by atoms with Crippen LogP contribution in [0.3, 0.4) is 0 Å². The van der Waals surface area contributed by atoms with E-state index in [-0.39, 0.29) is 18.3 Å². The van der Waals surface area contributed by atoms with Crippen LogP contribution in [0.1, 0.15) is 58.3 Å². The highest BCUT2D eigenvalue weighted by Gasteiger charge is 2.39. The molecular formula is C21H36O6. The molecule has 4 N–H and O–H groups in total. The molecule has 1 aliphatic rings. The highest BCUT2D eigenvalue weighted by Crippen LogP contribution is 2.36. The summed E-state index contributed by atoms with van der Waals surface area (Å²) >= 11 is 0. The van der Waals surface area contributed by atoms with Crippen molar-refractivity contribution in [2.24, 2.45) is 11.8 Å². The zero-order chi connectivity index (χ0) is 20.1. The zero-order valence-electron chi connectivity index (χ0n) is 16.4. The lowest BCUT2D eigenvalue weighted by molar-refractivity contribution is -0.137. The summed E-state index contributed by atoms with van der Waals surface area (Å²) in [6.07, 6.45) is 10.5. The zero-order valence-corrected chi connectivity index (χ0v) is 16.4. The van der Waals surface area contributed by atoms with Gasteiger partial charge in [0, 0.05) is 32.0 Å². The molecule has 1 saturated carbocycles. The van der Waals surface area contributed by atoms with Crippen molar-refractivity contribution in [3.05, 3.63) is 24.3 Å². The summed E-state index contributed by atoms with van der Waals surface area (Å²) in [5, 5.41) is 39.1. The molecule has 156 valence electrons. The number of allylic oxidation sites excluding steroid dienone is 2. The van der Waals surface area contributed by atoms with Gasteiger partial charge in [0.05, 0.1) is 18.3 Å². The lowest BCUT2D eigenvalue weighted by Gasteiger charge is -2.19. The van der Waals surface area contributed by atoms with E-state index in [0.29, 0.717) is 38.7 Å². The molecular weight excluding hydrogens is 348 g/mol. The fraction of sp³-hybridized carbons (Fsp3) is 0.762. The van der Waals surface area contributed by atoms with Crippen LogP contribution in [-0.2, 0) is 9.53 Å². The van der Waals surface area contributed by atoms with Gasteiger partial charge in [0.15, 0.2) is 0 Å². The number of rotatable bonds is 14. The van der Waals surface area contributed by atoms with Crippen LogP contribution in [0.5, 0.6) is 0 Å². The van der Waals surface area contributed by atoms with Gasteiger partial charge in [-0.05, 0) is 44.4 Å². The van der Waals surface area contributed by atoms with E-state index in [1.807, 2.05) is 18.2 Å². The average Bonchev–Trinajstić information content (AvgIpc) is 2.88. The Morgan fingerprint density at radius 1 is 1.19 bits per heavy atom. The van der Waals surface area contributed by atoms with Crippen LogP contribution in [0, 0.1) is 11.8 Å². The van der Waals surface area contributed by atoms with Crippen molar-refractivity contribution in [2.45, 2.75) is 76.6 Å². The highest BCUT2D eigenvalue weighted by atomic mass is 16.5. The fourth-order valence-electron chi connectivity index (χ4n) is 3.44. The van der Waals surface area contributed by atoms with E-state index in [1.165, 1.54) is 0 Å². The smallest absolute Gasteiger partial charge is 0.303 e. The van der Waals surface area contributed by atoms with Crippen molar-refractivity contribution < 1.29 is 30.0 Å². The maximum atomic E-state index is 10.5. The third-order valence-electron chi connectivity index (χ3n) is 4.94. The summed E-state index contributed by atoms with van der Waals surface area (Å²) in [5.41, 5.74) is 0. The molecule has 0 heterocycles. The third kappa shape index (κ3) is 10.1. The second-order valence-corrected chi connectivity index (χ2v) is 7.31. The van der Waals surface area contributed by atoms with Gasteiger partial charge in [-0.15, -0.1) is 0 Å². The molecule has 0 unspecified atom stereocenters. The molecule has 27 heavy (non-hydrogen) atoms. The molecule has 1 rings (SSSR count). The second kappa shape index (κ2) is 13.9. The van der Waals surface area contributed by atoms with Gasteiger partial charge in [-0.2, -0.15) is 0 Å². The van der Waals surface area contributed by atoms with Crippen LogP contribution in [0.15, 0.2) is 24.3 Å². The fourth-order valence-corrected chi connectivity index (χ4v) is 3.44. The summed E-state index contributed by atoms with van der Waals surface area (Å²) in [5.74, 6) is -1.07. The molecule has 0 aromatic rings. The van der Waals surface area contributed by atoms with E-state index in [1.54, 1.807) is 6.08 Å². The minimum absolute atomic E-state index is 0.0907. The molecule has 1 aliphatic carbocycles. The van der Waals surface area contributed by atoms with E-state index >= 15 is 0 Å². The number of carboxylic acid groups (broad SMARTS) is 1. The Hall–Kier alpha value is -1.21. The molecule has 6 heteroatoms. The minimum Gasteiger partial charge on any atom is -0.481 e. The van der Waals surface area contributed by atoms with Crippen molar-refractivity contribution in [2.75, 3.05) is 13.2 Å². The summed E-state index contributed by atoms with van der Waals surface area (Å²) in [7, 11) is 0. The number of ether oxygens (including phenoxy) is 1. The van der Waals surface area contributed by atoms with Crippen molar-refractivity contribution in [3.63, 3.8) is 0 Å². The summed E-state index contributed by atoms with van der Waals surface area (Å²) < 4.78 is 5.40. The first-order chi connectivity index (χ1) is 13.0. The van der Waals surface area contributed by atoms with Crippen LogP contribution in [0.25, 0.3) is 0 Å². The van der Waals surface area contributed by atoms with Crippen molar-refractivity contribution in [3.8, 4) is 0 Å². The number of unbranched alkanes of at least 4 members (excludes halogenated alkanes) is 1. The topological polar surface area (TPSA) is 107 Å². The monoisotopic (exact) mass is 384 g/mol. The first-order valence-corrected chi connectivity index (χ1v) is 10.1. The lowest BCUT2D eigenvalue weighted by Crippen LogP contribution is -2.20. The maximum Gasteiger partial charge on any atom is 0.303 e. The standard InChI is InChI=1S/C21H36O6/c1-2-13-27-14-7-8-16(22)11-12-18-17(19(23)15-20(18)24)9-5-3-4-6-10-21(25)26/h3,5,11-12,16-20,22-24H,2,4,6-10,13-15H2,1H3,(H,25,26)/b5-3-,12-11+/t16-,17+,18+,19-,20+/m0/s1. The van der Waals surface area contributed by atoms with Gasteiger partial charge in [-0.25, -0.2) is 0 Å². The van der Waals surface area contributed by atoms with Gasteiger partial charge in [-0.3, -0.25) is 4.79 Å². The molecule has 0 aromatic heterocycles. The predicted molar refractivity (Wildman–Crippen MR) is 104 cm³/mol. The maximum absolute atomic E-state index is 10.5. The number of hydrogen-bond acceptors (Lipinski definition) is 5. The predicted octanol–water partition coefficient (Wildman–Crippen LogP) is 2.67. The SMILES string of the molecule is CCCOCCC[C@H](O)/C=C/[C@@H]1[C@@H](C/C=C\CCCC(=O)O)[C@@H](O)C[C@H]1O. The number of hydrogen-bond donors (Lipinski definition) is 4. The summed E-state index contributed by atoms with van der Waals surface area (Å²) in [6.45, 7) is 3.43. The van der Waals surface area contributed by atoms with E-state index in [9.17, 15) is 20.1 Å². The normalized spacial score (nSPS) is 27.0. The average molecular weight is 385 g/mol. The minimum atomic E-state index is -0.793. The lowest BCUT2D eigenvalue weighted by atomic mass is 9.89. The molecule has 0 amide bonds. The van der Waals surface area contributed by atoms with Crippen molar-refractivity contribution >= 4 is 5.97 Å². The largest absolute Gasteiger partial charge is 0.481 e. The highest BCUT2D eigenvalue weighted by molar-refractivity contribution is 5.66. The Labute approximate surface area is 162 Å². The molecule has 0 aromatic carbocycles. The number of aliphatic carboxylic acids is 1. The number of carbonyl (C=O) groups is 1. The first kappa shape index (κ1) is 23.8. The third-order valence-corrected chi connectivity index (χ3v) is 4.94. The molecule has 0 bridgehead atoms.